The zero-order valence-corrected chi connectivity index (χ0v) is 13.8. The van der Waals surface area contributed by atoms with Crippen molar-refractivity contribution in [1.82, 2.24) is 0 Å². The van der Waals surface area contributed by atoms with Crippen molar-refractivity contribution in [3.8, 4) is 0 Å². The second-order valence-electron chi connectivity index (χ2n) is 6.08. The molecule has 0 radical (unpaired) electrons. The van der Waals surface area contributed by atoms with Crippen LogP contribution in [0.15, 0.2) is 28.7 Å². The second kappa shape index (κ2) is 5.66. The van der Waals surface area contributed by atoms with Crippen LogP contribution in [0.25, 0.3) is 0 Å². The average molecular weight is 372 g/mol. The third-order valence-electron chi connectivity index (χ3n) is 5.01. The van der Waals surface area contributed by atoms with Crippen molar-refractivity contribution in [1.29, 1.82) is 0 Å². The molecule has 2 aliphatic rings. The molecule has 2 fully saturated rings. The van der Waals surface area contributed by atoms with Crippen molar-refractivity contribution in [2.45, 2.75) is 32.1 Å². The first-order valence-corrected chi connectivity index (χ1v) is 8.98. The van der Waals surface area contributed by atoms with Gasteiger partial charge in [-0.3, -0.25) is 0 Å². The van der Waals surface area contributed by atoms with Crippen LogP contribution in [0.2, 0.25) is 0 Å². The highest BCUT2D eigenvalue weighted by atomic mass is 79.9. The molecular weight excluding hydrogens is 352 g/mol. The van der Waals surface area contributed by atoms with Gasteiger partial charge in [0.05, 0.1) is 0 Å². The van der Waals surface area contributed by atoms with Gasteiger partial charge in [0.2, 0.25) is 0 Å². The van der Waals surface area contributed by atoms with Gasteiger partial charge in [-0.05, 0) is 67.1 Å². The van der Waals surface area contributed by atoms with E-state index in [-0.39, 0.29) is 0 Å². The molecule has 0 spiro atoms. The molecule has 2 bridgehead atoms. The molecule has 4 atom stereocenters. The molecule has 0 saturated heterocycles. The summed E-state index contributed by atoms with van der Waals surface area (Å²) >= 11 is 7.27. The lowest BCUT2D eigenvalue weighted by Crippen LogP contribution is -2.24. The van der Waals surface area contributed by atoms with E-state index in [9.17, 15) is 0 Å². The monoisotopic (exact) mass is 370 g/mol. The van der Waals surface area contributed by atoms with E-state index < -0.39 is 0 Å². The van der Waals surface area contributed by atoms with Crippen LogP contribution >= 0.6 is 31.9 Å². The van der Waals surface area contributed by atoms with Crippen LogP contribution in [0.5, 0.6) is 0 Å². The van der Waals surface area contributed by atoms with Gasteiger partial charge < -0.3 is 0 Å². The molecular formula is C16H20Br2. The highest BCUT2D eigenvalue weighted by molar-refractivity contribution is 9.10. The molecule has 18 heavy (non-hydrogen) atoms. The fourth-order valence-corrected chi connectivity index (χ4v) is 5.09. The fraction of sp³-hybridized carbons (Fsp3) is 0.625. The summed E-state index contributed by atoms with van der Waals surface area (Å²) in [6.45, 7) is 0. The van der Waals surface area contributed by atoms with Crippen molar-refractivity contribution >= 4 is 31.9 Å². The lowest BCUT2D eigenvalue weighted by molar-refractivity contribution is 0.245. The van der Waals surface area contributed by atoms with E-state index in [0.717, 1.165) is 29.0 Å². The Morgan fingerprint density at radius 2 is 1.89 bits per heavy atom. The van der Waals surface area contributed by atoms with Gasteiger partial charge >= 0.3 is 0 Å². The summed E-state index contributed by atoms with van der Waals surface area (Å²) in [5, 5.41) is 1.16. The smallest absolute Gasteiger partial charge is 0.0175 e. The molecule has 3 rings (SSSR count). The van der Waals surface area contributed by atoms with E-state index in [1.54, 1.807) is 0 Å². The van der Waals surface area contributed by atoms with E-state index in [1.807, 2.05) is 0 Å². The molecule has 1 aromatic carbocycles. The molecule has 1 aromatic rings. The minimum absolute atomic E-state index is 0.835. The average Bonchev–Trinajstić information content (AvgIpc) is 3.00. The van der Waals surface area contributed by atoms with Gasteiger partial charge in [0.15, 0.2) is 0 Å². The Kier molecular flexibility index (Phi) is 4.15. The van der Waals surface area contributed by atoms with Crippen LogP contribution in [-0.4, -0.2) is 5.33 Å². The molecule has 2 saturated carbocycles. The van der Waals surface area contributed by atoms with Crippen molar-refractivity contribution in [2.75, 3.05) is 5.33 Å². The predicted molar refractivity (Wildman–Crippen MR) is 84.1 cm³/mol. The fourth-order valence-electron chi connectivity index (χ4n) is 4.11. The first-order valence-electron chi connectivity index (χ1n) is 7.06. The zero-order valence-electron chi connectivity index (χ0n) is 10.6. The third kappa shape index (κ3) is 2.70. The van der Waals surface area contributed by atoms with E-state index in [0.29, 0.717) is 0 Å². The van der Waals surface area contributed by atoms with Crippen LogP contribution < -0.4 is 0 Å². The summed E-state index contributed by atoms with van der Waals surface area (Å²) in [5.74, 6) is 3.91. The summed E-state index contributed by atoms with van der Waals surface area (Å²) in [4.78, 5) is 0. The Morgan fingerprint density at radius 1 is 1.11 bits per heavy atom. The Morgan fingerprint density at radius 3 is 2.44 bits per heavy atom. The number of halogens is 2. The molecule has 98 valence electrons. The SMILES string of the molecule is BrCC(Cc1ccc(Br)cc1)C1CC2CCC1C2. The number of rotatable bonds is 4. The van der Waals surface area contributed by atoms with Crippen LogP contribution in [-0.2, 0) is 6.42 Å². The number of fused-ring (bicyclic) bond motifs is 2. The Labute approximate surface area is 127 Å². The second-order valence-corrected chi connectivity index (χ2v) is 7.65. The van der Waals surface area contributed by atoms with Gasteiger partial charge in [0, 0.05) is 9.80 Å². The van der Waals surface area contributed by atoms with Crippen LogP contribution in [0, 0.1) is 23.7 Å². The first-order chi connectivity index (χ1) is 8.76. The van der Waals surface area contributed by atoms with Gasteiger partial charge in [-0.1, -0.05) is 50.4 Å². The summed E-state index contributed by atoms with van der Waals surface area (Å²) in [7, 11) is 0. The highest BCUT2D eigenvalue weighted by Crippen LogP contribution is 2.51. The third-order valence-corrected chi connectivity index (χ3v) is 6.37. The Bertz CT molecular complexity index is 398. The molecule has 0 N–H and O–H groups in total. The Balaban J connectivity index is 1.67. The molecule has 2 heteroatoms. The quantitative estimate of drug-likeness (QED) is 0.618. The van der Waals surface area contributed by atoms with Crippen molar-refractivity contribution in [2.24, 2.45) is 23.7 Å². The maximum absolute atomic E-state index is 3.76. The van der Waals surface area contributed by atoms with Crippen LogP contribution in [0.4, 0.5) is 0 Å². The maximum Gasteiger partial charge on any atom is 0.0175 e. The van der Waals surface area contributed by atoms with E-state index >= 15 is 0 Å². The van der Waals surface area contributed by atoms with Crippen molar-refractivity contribution in [3.63, 3.8) is 0 Å². The first kappa shape index (κ1) is 13.2. The normalized spacial score (nSPS) is 31.8. The van der Waals surface area contributed by atoms with Crippen molar-refractivity contribution in [3.05, 3.63) is 34.3 Å². The predicted octanol–water partition coefficient (Wildman–Crippen LogP) is 5.44. The standard InChI is InChI=1S/C16H20Br2/c17-10-14(7-11-2-5-15(18)6-3-11)16-9-12-1-4-13(16)8-12/h2-3,5-6,12-14,16H,1,4,7-10H2. The number of hydrogen-bond donors (Lipinski definition) is 0. The molecule has 2 aliphatic carbocycles. The summed E-state index contributed by atoms with van der Waals surface area (Å²) in [6.07, 6.45) is 7.27. The molecule has 0 aliphatic heterocycles. The minimum Gasteiger partial charge on any atom is -0.0925 e. The lowest BCUT2D eigenvalue weighted by Gasteiger charge is -2.29. The number of hydrogen-bond acceptors (Lipinski definition) is 0. The van der Waals surface area contributed by atoms with E-state index in [1.165, 1.54) is 42.1 Å². The zero-order chi connectivity index (χ0) is 12.5. The van der Waals surface area contributed by atoms with Gasteiger partial charge in [-0.15, -0.1) is 0 Å². The van der Waals surface area contributed by atoms with Crippen LogP contribution in [0.3, 0.4) is 0 Å². The molecule has 0 amide bonds. The number of alkyl halides is 1. The minimum atomic E-state index is 0.835. The summed E-state index contributed by atoms with van der Waals surface area (Å²) in [5.41, 5.74) is 1.49. The summed E-state index contributed by atoms with van der Waals surface area (Å²) < 4.78 is 1.18. The van der Waals surface area contributed by atoms with Gasteiger partial charge in [-0.25, -0.2) is 0 Å². The Hall–Kier alpha value is 0.180. The highest BCUT2D eigenvalue weighted by Gasteiger charge is 2.42. The van der Waals surface area contributed by atoms with Gasteiger partial charge in [0.1, 0.15) is 0 Å². The number of benzene rings is 1. The lowest BCUT2D eigenvalue weighted by atomic mass is 9.78. The summed E-state index contributed by atoms with van der Waals surface area (Å²) in [6, 6.07) is 8.88. The molecule has 0 heterocycles. The molecule has 4 unspecified atom stereocenters. The van der Waals surface area contributed by atoms with Gasteiger partial charge in [0.25, 0.3) is 0 Å². The van der Waals surface area contributed by atoms with E-state index in [2.05, 4.69) is 56.1 Å². The van der Waals surface area contributed by atoms with Gasteiger partial charge in [-0.2, -0.15) is 0 Å². The van der Waals surface area contributed by atoms with E-state index in [4.69, 9.17) is 0 Å². The molecule has 0 aromatic heterocycles. The largest absolute Gasteiger partial charge is 0.0925 e. The molecule has 0 nitrogen and oxygen atoms in total. The van der Waals surface area contributed by atoms with Crippen molar-refractivity contribution < 1.29 is 0 Å². The maximum atomic E-state index is 3.76. The van der Waals surface area contributed by atoms with Crippen LogP contribution in [0.1, 0.15) is 31.2 Å². The topological polar surface area (TPSA) is 0 Å².